The molecule has 4 heteroatoms. The first-order valence-electron chi connectivity index (χ1n) is 4.27. The van der Waals surface area contributed by atoms with E-state index in [9.17, 15) is 0 Å². The van der Waals surface area contributed by atoms with Crippen molar-refractivity contribution in [3.8, 4) is 0 Å². The summed E-state index contributed by atoms with van der Waals surface area (Å²) in [6, 6.07) is 0. The minimum absolute atomic E-state index is 0.0118. The van der Waals surface area contributed by atoms with Crippen LogP contribution in [-0.2, 0) is 14.2 Å². The van der Waals surface area contributed by atoms with E-state index in [2.05, 4.69) is 0 Å². The highest BCUT2D eigenvalue weighted by Crippen LogP contribution is 2.18. The van der Waals surface area contributed by atoms with E-state index in [4.69, 9.17) is 19.3 Å². The predicted molar refractivity (Wildman–Crippen MR) is 42.8 cm³/mol. The third kappa shape index (κ3) is 3.06. The van der Waals surface area contributed by atoms with E-state index in [0.717, 1.165) is 0 Å². The van der Waals surface area contributed by atoms with E-state index in [0.29, 0.717) is 13.2 Å². The molecule has 1 saturated heterocycles. The number of hydrogen-bond acceptors (Lipinski definition) is 4. The average Bonchev–Trinajstić information content (AvgIpc) is 2.83. The molecule has 0 aliphatic carbocycles. The van der Waals surface area contributed by atoms with Gasteiger partial charge in [0.1, 0.15) is 12.2 Å². The van der Waals surface area contributed by atoms with Crippen molar-refractivity contribution in [2.24, 2.45) is 0 Å². The zero-order chi connectivity index (χ0) is 8.97. The maximum Gasteiger partial charge on any atom is 0.155 e. The number of epoxide rings is 1. The van der Waals surface area contributed by atoms with Gasteiger partial charge in [0.05, 0.1) is 13.2 Å². The summed E-state index contributed by atoms with van der Waals surface area (Å²) >= 11 is 0. The molecule has 0 aromatic heterocycles. The number of aliphatic hydroxyl groups excluding tert-OH is 1. The van der Waals surface area contributed by atoms with Crippen molar-refractivity contribution in [1.29, 1.82) is 0 Å². The zero-order valence-corrected chi connectivity index (χ0v) is 7.53. The first-order valence-corrected chi connectivity index (χ1v) is 4.27. The van der Waals surface area contributed by atoms with E-state index >= 15 is 0 Å². The Hall–Kier alpha value is -0.160. The van der Waals surface area contributed by atoms with Crippen molar-refractivity contribution < 1.29 is 19.3 Å². The minimum atomic E-state index is -0.267. The molecule has 1 heterocycles. The van der Waals surface area contributed by atoms with Crippen LogP contribution >= 0.6 is 0 Å². The van der Waals surface area contributed by atoms with E-state index in [1.807, 2.05) is 13.8 Å². The Morgan fingerprint density at radius 3 is 2.75 bits per heavy atom. The topological polar surface area (TPSA) is 51.2 Å². The molecular weight excluding hydrogens is 160 g/mol. The second kappa shape index (κ2) is 4.77. The molecule has 1 aliphatic rings. The molecule has 4 nitrogen and oxygen atoms in total. The monoisotopic (exact) mass is 176 g/mol. The maximum atomic E-state index is 8.89. The van der Waals surface area contributed by atoms with Crippen LogP contribution in [0.1, 0.15) is 13.8 Å². The van der Waals surface area contributed by atoms with Gasteiger partial charge in [-0.05, 0) is 13.8 Å². The van der Waals surface area contributed by atoms with Crippen LogP contribution in [0.5, 0.6) is 0 Å². The fourth-order valence-electron chi connectivity index (χ4n) is 1.04. The summed E-state index contributed by atoms with van der Waals surface area (Å²) < 4.78 is 15.5. The normalized spacial score (nSPS) is 26.8. The summed E-state index contributed by atoms with van der Waals surface area (Å²) in [6.45, 7) is 5.01. The van der Waals surface area contributed by atoms with Crippen molar-refractivity contribution in [3.05, 3.63) is 0 Å². The Kier molecular flexibility index (Phi) is 3.94. The smallest absolute Gasteiger partial charge is 0.155 e. The van der Waals surface area contributed by atoms with Crippen molar-refractivity contribution in [1.82, 2.24) is 0 Å². The SMILES string of the molecule is CCOC(C)OC(CO)C1CO1. The van der Waals surface area contributed by atoms with Crippen molar-refractivity contribution >= 4 is 0 Å². The van der Waals surface area contributed by atoms with Crippen LogP contribution in [0, 0.1) is 0 Å². The average molecular weight is 176 g/mol. The van der Waals surface area contributed by atoms with Gasteiger partial charge in [-0.25, -0.2) is 0 Å². The molecule has 0 bridgehead atoms. The highest BCUT2D eigenvalue weighted by atomic mass is 16.7. The quantitative estimate of drug-likeness (QED) is 0.462. The summed E-state index contributed by atoms with van der Waals surface area (Å²) in [7, 11) is 0. The largest absolute Gasteiger partial charge is 0.394 e. The Bertz CT molecular complexity index is 124. The van der Waals surface area contributed by atoms with Crippen LogP contribution in [0.4, 0.5) is 0 Å². The standard InChI is InChI=1S/C8H16O4/c1-3-10-6(2)12-7(4-9)8-5-11-8/h6-9H,3-5H2,1-2H3. The Morgan fingerprint density at radius 1 is 1.67 bits per heavy atom. The van der Waals surface area contributed by atoms with Gasteiger partial charge >= 0.3 is 0 Å². The molecule has 0 aromatic carbocycles. The lowest BCUT2D eigenvalue weighted by atomic mass is 10.3. The van der Waals surface area contributed by atoms with Crippen molar-refractivity contribution in [2.45, 2.75) is 32.3 Å². The highest BCUT2D eigenvalue weighted by molar-refractivity contribution is 4.79. The number of aliphatic hydroxyl groups is 1. The second-order valence-electron chi connectivity index (χ2n) is 2.75. The lowest BCUT2D eigenvalue weighted by molar-refractivity contribution is -0.170. The number of rotatable bonds is 6. The lowest BCUT2D eigenvalue weighted by Gasteiger charge is -2.18. The molecule has 0 amide bonds. The molecule has 1 fully saturated rings. The van der Waals surface area contributed by atoms with Crippen LogP contribution in [0.2, 0.25) is 0 Å². The first-order chi connectivity index (χ1) is 5.77. The molecule has 0 saturated carbocycles. The second-order valence-corrected chi connectivity index (χ2v) is 2.75. The van der Waals surface area contributed by atoms with Crippen LogP contribution in [0.3, 0.4) is 0 Å². The lowest BCUT2D eigenvalue weighted by Crippen LogP contribution is -2.29. The van der Waals surface area contributed by atoms with Crippen LogP contribution in [-0.4, -0.2) is 43.4 Å². The Balaban J connectivity index is 2.16. The minimum Gasteiger partial charge on any atom is -0.394 e. The van der Waals surface area contributed by atoms with Gasteiger partial charge in [-0.2, -0.15) is 0 Å². The molecule has 0 spiro atoms. The van der Waals surface area contributed by atoms with Gasteiger partial charge < -0.3 is 19.3 Å². The third-order valence-electron chi connectivity index (χ3n) is 1.72. The molecule has 0 aromatic rings. The van der Waals surface area contributed by atoms with Crippen LogP contribution in [0.25, 0.3) is 0 Å². The van der Waals surface area contributed by atoms with E-state index in [1.54, 1.807) is 0 Å². The molecule has 1 N–H and O–H groups in total. The predicted octanol–water partition coefficient (Wildman–Crippen LogP) is 0.145. The van der Waals surface area contributed by atoms with E-state index in [-0.39, 0.29) is 25.1 Å². The Morgan fingerprint density at radius 2 is 2.33 bits per heavy atom. The number of hydrogen-bond donors (Lipinski definition) is 1. The zero-order valence-electron chi connectivity index (χ0n) is 7.53. The molecule has 1 rings (SSSR count). The molecular formula is C8H16O4. The number of ether oxygens (including phenoxy) is 3. The molecule has 3 unspecified atom stereocenters. The maximum absolute atomic E-state index is 8.89. The summed E-state index contributed by atoms with van der Waals surface area (Å²) in [5, 5.41) is 8.89. The van der Waals surface area contributed by atoms with E-state index < -0.39 is 0 Å². The van der Waals surface area contributed by atoms with E-state index in [1.165, 1.54) is 0 Å². The highest BCUT2D eigenvalue weighted by Gasteiger charge is 2.34. The Labute approximate surface area is 72.4 Å². The van der Waals surface area contributed by atoms with Gasteiger partial charge in [-0.1, -0.05) is 0 Å². The van der Waals surface area contributed by atoms with Crippen molar-refractivity contribution in [3.63, 3.8) is 0 Å². The molecule has 12 heavy (non-hydrogen) atoms. The van der Waals surface area contributed by atoms with Gasteiger partial charge in [0.15, 0.2) is 6.29 Å². The van der Waals surface area contributed by atoms with Gasteiger partial charge in [-0.15, -0.1) is 0 Å². The fraction of sp³-hybridized carbons (Fsp3) is 1.00. The first kappa shape index (κ1) is 9.92. The van der Waals surface area contributed by atoms with Gasteiger partial charge in [0.2, 0.25) is 0 Å². The van der Waals surface area contributed by atoms with Crippen LogP contribution < -0.4 is 0 Å². The van der Waals surface area contributed by atoms with Gasteiger partial charge in [0, 0.05) is 6.61 Å². The molecule has 0 radical (unpaired) electrons. The van der Waals surface area contributed by atoms with Gasteiger partial charge in [0.25, 0.3) is 0 Å². The van der Waals surface area contributed by atoms with Crippen molar-refractivity contribution in [2.75, 3.05) is 19.8 Å². The molecule has 1 aliphatic heterocycles. The fourth-order valence-corrected chi connectivity index (χ4v) is 1.04. The summed E-state index contributed by atoms with van der Waals surface area (Å²) in [4.78, 5) is 0. The van der Waals surface area contributed by atoms with Gasteiger partial charge in [-0.3, -0.25) is 0 Å². The van der Waals surface area contributed by atoms with Crippen LogP contribution in [0.15, 0.2) is 0 Å². The summed E-state index contributed by atoms with van der Waals surface area (Å²) in [6.07, 6.45) is -0.430. The summed E-state index contributed by atoms with van der Waals surface area (Å²) in [5.74, 6) is 0. The third-order valence-corrected chi connectivity index (χ3v) is 1.72. The summed E-state index contributed by atoms with van der Waals surface area (Å²) in [5.41, 5.74) is 0. The molecule has 3 atom stereocenters. The molecule has 72 valence electrons.